The van der Waals surface area contributed by atoms with E-state index < -0.39 is 0 Å². The molecule has 4 heteroatoms. The normalized spacial score (nSPS) is 20.9. The summed E-state index contributed by atoms with van der Waals surface area (Å²) < 4.78 is 5.73. The first kappa shape index (κ1) is 15.5. The van der Waals surface area contributed by atoms with Crippen molar-refractivity contribution in [3.05, 3.63) is 34.9 Å². The van der Waals surface area contributed by atoms with Crippen molar-refractivity contribution in [3.8, 4) is 0 Å². The molecule has 1 aliphatic rings. The van der Waals surface area contributed by atoms with Gasteiger partial charge in [0.1, 0.15) is 0 Å². The van der Waals surface area contributed by atoms with E-state index in [1.807, 2.05) is 14.0 Å². The first-order valence-corrected chi connectivity index (χ1v) is 7.57. The van der Waals surface area contributed by atoms with E-state index in [4.69, 9.17) is 16.3 Å². The first-order chi connectivity index (χ1) is 9.58. The molecule has 1 saturated heterocycles. The lowest BCUT2D eigenvalue weighted by Crippen LogP contribution is -2.42. The van der Waals surface area contributed by atoms with Gasteiger partial charge in [0.05, 0.1) is 12.1 Å². The van der Waals surface area contributed by atoms with Crippen LogP contribution in [0.3, 0.4) is 0 Å². The van der Waals surface area contributed by atoms with Crippen LogP contribution < -0.4 is 0 Å². The maximum atomic E-state index is 12.4. The van der Waals surface area contributed by atoms with E-state index in [9.17, 15) is 4.79 Å². The molecule has 1 aromatic carbocycles. The summed E-state index contributed by atoms with van der Waals surface area (Å²) in [6, 6.07) is 6.93. The Kier molecular flexibility index (Phi) is 5.58. The van der Waals surface area contributed by atoms with Crippen molar-refractivity contribution in [2.24, 2.45) is 0 Å². The quantitative estimate of drug-likeness (QED) is 0.780. The summed E-state index contributed by atoms with van der Waals surface area (Å²) in [5.41, 5.74) is 0.707. The maximum absolute atomic E-state index is 12.4. The largest absolute Gasteiger partial charge is 0.377 e. The number of rotatable bonds is 5. The lowest BCUT2D eigenvalue weighted by atomic mass is 10.0. The molecule has 0 bridgehead atoms. The molecule has 0 spiro atoms. The second-order valence-electron chi connectivity index (χ2n) is 5.48. The molecule has 0 saturated carbocycles. The molecule has 0 radical (unpaired) electrons. The van der Waals surface area contributed by atoms with E-state index in [2.05, 4.69) is 4.90 Å². The average molecular weight is 296 g/mol. The minimum absolute atomic E-state index is 0.125. The van der Waals surface area contributed by atoms with Gasteiger partial charge in [-0.2, -0.15) is 0 Å². The minimum atomic E-state index is -0.151. The summed E-state index contributed by atoms with van der Waals surface area (Å²) >= 11 is 5.85. The lowest BCUT2D eigenvalue weighted by Gasteiger charge is -2.30. The Morgan fingerprint density at radius 1 is 1.40 bits per heavy atom. The number of benzene rings is 1. The van der Waals surface area contributed by atoms with Crippen LogP contribution in [0.5, 0.6) is 0 Å². The Morgan fingerprint density at radius 3 is 2.70 bits per heavy atom. The van der Waals surface area contributed by atoms with Crippen LogP contribution in [0.1, 0.15) is 36.5 Å². The number of carbonyl (C=O) groups is 1. The third-order valence-electron chi connectivity index (χ3n) is 3.93. The van der Waals surface area contributed by atoms with Gasteiger partial charge in [-0.3, -0.25) is 9.69 Å². The fourth-order valence-electron chi connectivity index (χ4n) is 2.49. The number of nitrogens with zero attached hydrogens (tertiary/aromatic N) is 1. The van der Waals surface area contributed by atoms with E-state index in [-0.39, 0.29) is 17.9 Å². The summed E-state index contributed by atoms with van der Waals surface area (Å²) in [6.07, 6.45) is 3.72. The molecule has 1 heterocycles. The molecule has 0 N–H and O–H groups in total. The molecule has 2 unspecified atom stereocenters. The predicted molar refractivity (Wildman–Crippen MR) is 81.5 cm³/mol. The molecule has 3 nitrogen and oxygen atoms in total. The van der Waals surface area contributed by atoms with Crippen molar-refractivity contribution in [2.75, 3.05) is 20.2 Å². The maximum Gasteiger partial charge on any atom is 0.179 e. The van der Waals surface area contributed by atoms with Gasteiger partial charge in [-0.05, 0) is 57.5 Å². The number of ether oxygens (including phenoxy) is 1. The molecule has 2 rings (SSSR count). The van der Waals surface area contributed by atoms with Crippen molar-refractivity contribution in [3.63, 3.8) is 0 Å². The summed E-state index contributed by atoms with van der Waals surface area (Å²) in [5.74, 6) is 0.125. The molecule has 1 fully saturated rings. The third-order valence-corrected chi connectivity index (χ3v) is 4.19. The topological polar surface area (TPSA) is 29.5 Å². The first-order valence-electron chi connectivity index (χ1n) is 7.19. The van der Waals surface area contributed by atoms with E-state index >= 15 is 0 Å². The Morgan fingerprint density at radius 2 is 2.10 bits per heavy atom. The van der Waals surface area contributed by atoms with Gasteiger partial charge >= 0.3 is 0 Å². The zero-order chi connectivity index (χ0) is 14.5. The molecule has 2 atom stereocenters. The number of Topliss-reactive ketones (excluding diaryl/α,β-unsaturated/α-hetero) is 1. The highest BCUT2D eigenvalue weighted by atomic mass is 35.5. The second-order valence-corrected chi connectivity index (χ2v) is 5.91. The van der Waals surface area contributed by atoms with E-state index in [0.29, 0.717) is 10.6 Å². The Balaban J connectivity index is 1.93. The van der Waals surface area contributed by atoms with Gasteiger partial charge in [0.15, 0.2) is 5.78 Å². The van der Waals surface area contributed by atoms with Crippen molar-refractivity contribution in [1.82, 2.24) is 4.90 Å². The lowest BCUT2D eigenvalue weighted by molar-refractivity contribution is -0.00577. The Hall–Kier alpha value is -0.900. The van der Waals surface area contributed by atoms with Crippen LogP contribution in [0.4, 0.5) is 0 Å². The zero-order valence-corrected chi connectivity index (χ0v) is 12.9. The molecule has 1 aromatic rings. The monoisotopic (exact) mass is 295 g/mol. The summed E-state index contributed by atoms with van der Waals surface area (Å²) in [5, 5.41) is 0.651. The molecule has 110 valence electrons. The van der Waals surface area contributed by atoms with E-state index in [1.165, 1.54) is 6.42 Å². The van der Waals surface area contributed by atoms with Gasteiger partial charge in [-0.1, -0.05) is 11.6 Å². The SMILES string of the molecule is CC(C(=O)c1ccc(Cl)cc1)N(C)CC1CCCCO1. The van der Waals surface area contributed by atoms with Gasteiger partial charge in [-0.15, -0.1) is 0 Å². The van der Waals surface area contributed by atoms with Gasteiger partial charge < -0.3 is 4.74 Å². The number of hydrogen-bond acceptors (Lipinski definition) is 3. The summed E-state index contributed by atoms with van der Waals surface area (Å²) in [6.45, 7) is 3.60. The van der Waals surface area contributed by atoms with E-state index in [1.54, 1.807) is 24.3 Å². The molecular weight excluding hydrogens is 274 g/mol. The van der Waals surface area contributed by atoms with Crippen molar-refractivity contribution < 1.29 is 9.53 Å². The van der Waals surface area contributed by atoms with E-state index in [0.717, 1.165) is 26.0 Å². The summed E-state index contributed by atoms with van der Waals surface area (Å²) in [7, 11) is 1.98. The Bertz CT molecular complexity index is 440. The van der Waals surface area contributed by atoms with Gasteiger partial charge in [0.25, 0.3) is 0 Å². The van der Waals surface area contributed by atoms with Crippen molar-refractivity contribution in [1.29, 1.82) is 0 Å². The van der Waals surface area contributed by atoms with Gasteiger partial charge in [-0.25, -0.2) is 0 Å². The van der Waals surface area contributed by atoms with Gasteiger partial charge in [0, 0.05) is 23.7 Å². The van der Waals surface area contributed by atoms with Crippen LogP contribution in [0.25, 0.3) is 0 Å². The van der Waals surface area contributed by atoms with Crippen LogP contribution in [0.15, 0.2) is 24.3 Å². The highest BCUT2D eigenvalue weighted by Gasteiger charge is 2.23. The molecular formula is C16H22ClNO2. The van der Waals surface area contributed by atoms with Gasteiger partial charge in [0.2, 0.25) is 0 Å². The summed E-state index contributed by atoms with van der Waals surface area (Å²) in [4.78, 5) is 14.5. The molecule has 0 aromatic heterocycles. The van der Waals surface area contributed by atoms with Crippen LogP contribution in [0, 0.1) is 0 Å². The minimum Gasteiger partial charge on any atom is -0.377 e. The number of carbonyl (C=O) groups excluding carboxylic acids is 1. The Labute approximate surface area is 125 Å². The molecule has 0 amide bonds. The fourth-order valence-corrected chi connectivity index (χ4v) is 2.61. The van der Waals surface area contributed by atoms with Crippen LogP contribution in [0.2, 0.25) is 5.02 Å². The number of hydrogen-bond donors (Lipinski definition) is 0. The van der Waals surface area contributed by atoms with Crippen LogP contribution in [-0.4, -0.2) is 43.0 Å². The zero-order valence-electron chi connectivity index (χ0n) is 12.1. The molecule has 1 aliphatic heterocycles. The second kappa shape index (κ2) is 7.21. The highest BCUT2D eigenvalue weighted by Crippen LogP contribution is 2.16. The smallest absolute Gasteiger partial charge is 0.179 e. The van der Waals surface area contributed by atoms with Crippen molar-refractivity contribution >= 4 is 17.4 Å². The molecule has 0 aliphatic carbocycles. The standard InChI is InChI=1S/C16H22ClNO2/c1-12(16(19)13-6-8-14(17)9-7-13)18(2)11-15-5-3-4-10-20-15/h6-9,12,15H,3-5,10-11H2,1-2H3. The number of ketones is 1. The van der Waals surface area contributed by atoms with Crippen LogP contribution in [-0.2, 0) is 4.74 Å². The average Bonchev–Trinajstić information content (AvgIpc) is 2.47. The predicted octanol–water partition coefficient (Wildman–Crippen LogP) is 3.41. The highest BCUT2D eigenvalue weighted by molar-refractivity contribution is 6.30. The molecule has 20 heavy (non-hydrogen) atoms. The van der Waals surface area contributed by atoms with Crippen molar-refractivity contribution in [2.45, 2.75) is 38.3 Å². The van der Waals surface area contributed by atoms with Crippen LogP contribution >= 0.6 is 11.6 Å². The number of halogens is 1. The number of likely N-dealkylation sites (N-methyl/N-ethyl adjacent to an activating group) is 1. The fraction of sp³-hybridized carbons (Fsp3) is 0.562. The third kappa shape index (κ3) is 4.05.